The highest BCUT2D eigenvalue weighted by atomic mass is 32.3. The van der Waals surface area contributed by atoms with E-state index in [1.54, 1.807) is 0 Å². The van der Waals surface area contributed by atoms with Crippen molar-refractivity contribution in [3.05, 3.63) is 0 Å². The summed E-state index contributed by atoms with van der Waals surface area (Å²) in [6, 6.07) is 0. The topological polar surface area (TPSA) is 0 Å². The Morgan fingerprint density at radius 3 is 1.83 bits per heavy atom. The zero-order valence-corrected chi connectivity index (χ0v) is 10.7. The van der Waals surface area contributed by atoms with Crippen LogP contribution in [0.5, 0.6) is 0 Å². The van der Waals surface area contributed by atoms with E-state index in [1.807, 2.05) is 11.8 Å². The van der Waals surface area contributed by atoms with Crippen molar-refractivity contribution < 1.29 is 0 Å². The molecule has 0 unspecified atom stereocenters. The molecule has 0 nitrogen and oxygen atoms in total. The summed E-state index contributed by atoms with van der Waals surface area (Å²) in [6.07, 6.45) is 3.65. The molecule has 0 radical (unpaired) electrons. The van der Waals surface area contributed by atoms with Gasteiger partial charge in [-0.25, -0.2) is 10.0 Å². The Bertz CT molecular complexity index is 89.7. The SMILES string of the molecule is CCS(CC)(CC)CCCSC. The van der Waals surface area contributed by atoms with Gasteiger partial charge in [-0.1, -0.05) is 20.8 Å². The molecule has 0 fully saturated rings. The summed E-state index contributed by atoms with van der Waals surface area (Å²) in [5, 5.41) is 0. The minimum absolute atomic E-state index is 0.196. The maximum atomic E-state index is 2.38. The largest absolute Gasteiger partial charge is 0.242 e. The second kappa shape index (κ2) is 7.14. The van der Waals surface area contributed by atoms with E-state index in [0.717, 1.165) is 0 Å². The molecule has 0 heterocycles. The van der Waals surface area contributed by atoms with E-state index in [9.17, 15) is 0 Å². The molecule has 0 aliphatic carbocycles. The molecule has 0 aromatic heterocycles. The third kappa shape index (κ3) is 4.08. The van der Waals surface area contributed by atoms with Crippen LogP contribution in [0.3, 0.4) is 0 Å². The number of thioether (sulfide) groups is 1. The van der Waals surface area contributed by atoms with Gasteiger partial charge in [0.1, 0.15) is 0 Å². The van der Waals surface area contributed by atoms with Crippen LogP contribution in [0.25, 0.3) is 0 Å². The van der Waals surface area contributed by atoms with Crippen LogP contribution in [0.2, 0.25) is 0 Å². The van der Waals surface area contributed by atoms with E-state index in [0.29, 0.717) is 0 Å². The van der Waals surface area contributed by atoms with Crippen LogP contribution in [0, 0.1) is 0 Å². The summed E-state index contributed by atoms with van der Waals surface area (Å²) in [4.78, 5) is 0. The molecule has 0 bridgehead atoms. The molecule has 0 atom stereocenters. The van der Waals surface area contributed by atoms with Gasteiger partial charge in [-0.3, -0.25) is 0 Å². The third-order valence-corrected chi connectivity index (χ3v) is 8.29. The molecule has 0 spiro atoms. The summed E-state index contributed by atoms with van der Waals surface area (Å²) in [5.41, 5.74) is 0. The number of rotatable bonds is 7. The first kappa shape index (κ1) is 12.7. The molecular formula is C10H24S2. The second-order valence-electron chi connectivity index (χ2n) is 3.14. The second-order valence-corrected chi connectivity index (χ2v) is 8.72. The van der Waals surface area contributed by atoms with E-state index in [2.05, 4.69) is 27.0 Å². The van der Waals surface area contributed by atoms with Crippen LogP contribution in [-0.4, -0.2) is 35.0 Å². The van der Waals surface area contributed by atoms with Crippen LogP contribution >= 0.6 is 21.8 Å². The van der Waals surface area contributed by atoms with Crippen molar-refractivity contribution in [2.45, 2.75) is 27.2 Å². The molecule has 0 N–H and O–H groups in total. The first-order chi connectivity index (χ1) is 5.74. The molecule has 0 amide bonds. The van der Waals surface area contributed by atoms with Crippen molar-refractivity contribution in [2.75, 3.05) is 35.0 Å². The summed E-state index contributed by atoms with van der Waals surface area (Å²) in [7, 11) is -0.196. The Morgan fingerprint density at radius 1 is 1.00 bits per heavy atom. The Kier molecular flexibility index (Phi) is 7.55. The highest BCUT2D eigenvalue weighted by molar-refractivity contribution is 8.33. The molecule has 0 aliphatic heterocycles. The summed E-state index contributed by atoms with van der Waals surface area (Å²) in [5.74, 6) is 7.18. The summed E-state index contributed by atoms with van der Waals surface area (Å²) < 4.78 is 0. The fourth-order valence-electron chi connectivity index (χ4n) is 1.55. The molecular weight excluding hydrogens is 184 g/mol. The van der Waals surface area contributed by atoms with E-state index in [4.69, 9.17) is 0 Å². The molecule has 0 saturated carbocycles. The Balaban J connectivity index is 3.76. The molecule has 76 valence electrons. The minimum Gasteiger partial charge on any atom is -0.242 e. The van der Waals surface area contributed by atoms with Gasteiger partial charge in [-0.05, 0) is 41.4 Å². The molecule has 0 aromatic carbocycles. The lowest BCUT2D eigenvalue weighted by Crippen LogP contribution is -2.13. The van der Waals surface area contributed by atoms with Gasteiger partial charge in [0.2, 0.25) is 0 Å². The van der Waals surface area contributed by atoms with Crippen LogP contribution in [0.1, 0.15) is 27.2 Å². The van der Waals surface area contributed by atoms with Crippen molar-refractivity contribution in [1.29, 1.82) is 0 Å². The van der Waals surface area contributed by atoms with Crippen molar-refractivity contribution in [3.8, 4) is 0 Å². The zero-order valence-electron chi connectivity index (χ0n) is 9.06. The van der Waals surface area contributed by atoms with E-state index in [-0.39, 0.29) is 10.0 Å². The van der Waals surface area contributed by atoms with Crippen molar-refractivity contribution in [2.24, 2.45) is 0 Å². The molecule has 0 rings (SSSR count). The van der Waals surface area contributed by atoms with Gasteiger partial charge in [-0.2, -0.15) is 11.8 Å². The predicted octanol–water partition coefficient (Wildman–Crippen LogP) is 3.60. The highest BCUT2D eigenvalue weighted by Gasteiger charge is 2.16. The van der Waals surface area contributed by atoms with Gasteiger partial charge < -0.3 is 0 Å². The molecule has 0 aliphatic rings. The van der Waals surface area contributed by atoms with Crippen LogP contribution in [0.4, 0.5) is 0 Å². The van der Waals surface area contributed by atoms with E-state index in [1.165, 1.54) is 35.2 Å². The Labute approximate surface area is 84.2 Å². The molecule has 12 heavy (non-hydrogen) atoms. The smallest absolute Gasteiger partial charge is 0.00630 e. The fourth-order valence-corrected chi connectivity index (χ4v) is 5.02. The van der Waals surface area contributed by atoms with Crippen LogP contribution in [0.15, 0.2) is 0 Å². The standard InChI is InChI=1S/C10H24S2/c1-5-12(6-2,7-3)10-8-9-11-4/h5-10H2,1-4H3. The van der Waals surface area contributed by atoms with Gasteiger partial charge >= 0.3 is 0 Å². The fraction of sp³-hybridized carbons (Fsp3) is 1.00. The van der Waals surface area contributed by atoms with Crippen LogP contribution in [-0.2, 0) is 0 Å². The average molecular weight is 208 g/mol. The van der Waals surface area contributed by atoms with E-state index >= 15 is 0 Å². The van der Waals surface area contributed by atoms with Gasteiger partial charge in [0.25, 0.3) is 0 Å². The van der Waals surface area contributed by atoms with Gasteiger partial charge in [-0.15, -0.1) is 0 Å². The van der Waals surface area contributed by atoms with Gasteiger partial charge in [0, 0.05) is 0 Å². The summed E-state index contributed by atoms with van der Waals surface area (Å²) >= 11 is 1.99. The number of hydrogen-bond donors (Lipinski definition) is 0. The quantitative estimate of drug-likeness (QED) is 0.576. The van der Waals surface area contributed by atoms with Crippen LogP contribution < -0.4 is 0 Å². The molecule has 0 saturated heterocycles. The van der Waals surface area contributed by atoms with E-state index < -0.39 is 0 Å². The predicted molar refractivity (Wildman–Crippen MR) is 67.1 cm³/mol. The Morgan fingerprint density at radius 2 is 1.50 bits per heavy atom. The Hall–Kier alpha value is 0.700. The minimum atomic E-state index is -0.196. The number of hydrogen-bond acceptors (Lipinski definition) is 1. The highest BCUT2D eigenvalue weighted by Crippen LogP contribution is 2.47. The first-order valence-electron chi connectivity index (χ1n) is 4.97. The third-order valence-electron chi connectivity index (χ3n) is 2.76. The first-order valence-corrected chi connectivity index (χ1v) is 8.68. The summed E-state index contributed by atoms with van der Waals surface area (Å²) in [6.45, 7) is 7.13. The van der Waals surface area contributed by atoms with Crippen molar-refractivity contribution in [1.82, 2.24) is 0 Å². The maximum absolute atomic E-state index is 2.38. The van der Waals surface area contributed by atoms with Gasteiger partial charge in [0.15, 0.2) is 0 Å². The van der Waals surface area contributed by atoms with Crippen molar-refractivity contribution in [3.63, 3.8) is 0 Å². The lowest BCUT2D eigenvalue weighted by atomic mass is 10.6. The lowest BCUT2D eigenvalue weighted by molar-refractivity contribution is 1.10. The maximum Gasteiger partial charge on any atom is -0.00630 e. The lowest BCUT2D eigenvalue weighted by Gasteiger charge is -2.37. The van der Waals surface area contributed by atoms with Gasteiger partial charge in [0.05, 0.1) is 0 Å². The van der Waals surface area contributed by atoms with Crippen molar-refractivity contribution >= 4 is 21.8 Å². The molecule has 2 heteroatoms. The molecule has 0 aromatic rings. The monoisotopic (exact) mass is 208 g/mol. The average Bonchev–Trinajstić information content (AvgIpc) is 2.14. The zero-order chi connectivity index (χ0) is 9.45. The normalized spacial score (nSPS) is 13.3.